The van der Waals surface area contributed by atoms with E-state index in [-0.39, 0.29) is 0 Å². The molecule has 0 aliphatic carbocycles. The Morgan fingerprint density at radius 2 is 2.13 bits per heavy atom. The highest BCUT2D eigenvalue weighted by Crippen LogP contribution is 2.09. The lowest BCUT2D eigenvalue weighted by atomic mass is 9.82. The number of aryl methyl sites for hydroxylation is 1. The Balaban J connectivity index is 2.87. The van der Waals surface area contributed by atoms with E-state index in [4.69, 9.17) is 5.02 Å². The summed E-state index contributed by atoms with van der Waals surface area (Å²) in [4.78, 5) is 0. The first-order valence-corrected chi connectivity index (χ1v) is 5.38. The maximum atomic E-state index is 9.09. The molecule has 15 heavy (non-hydrogen) atoms. The zero-order valence-corrected chi connectivity index (χ0v) is 9.70. The van der Waals surface area contributed by atoms with Crippen LogP contribution in [0, 0.1) is 12.8 Å². The molecular weight excluding hydrogens is 183 g/mol. The zero-order chi connectivity index (χ0) is 11.3. The van der Waals surface area contributed by atoms with Crippen molar-refractivity contribution in [2.75, 3.05) is 0 Å². The molecule has 1 radical (unpaired) electrons. The highest BCUT2D eigenvalue weighted by atomic mass is 16.2. The van der Waals surface area contributed by atoms with Gasteiger partial charge >= 0.3 is 7.48 Å². The number of hydrogen-bond donors (Lipinski definition) is 1. The second-order valence-corrected chi connectivity index (χ2v) is 4.24. The van der Waals surface area contributed by atoms with Crippen LogP contribution < -0.4 is 5.46 Å². The lowest BCUT2D eigenvalue weighted by Crippen LogP contribution is -2.17. The van der Waals surface area contributed by atoms with E-state index in [1.54, 1.807) is 0 Å². The Bertz CT molecular complexity index is 342. The number of rotatable bonds is 4. The van der Waals surface area contributed by atoms with Gasteiger partial charge in [0, 0.05) is 0 Å². The van der Waals surface area contributed by atoms with Crippen LogP contribution in [-0.2, 0) is 0 Å². The minimum atomic E-state index is 0.673. The van der Waals surface area contributed by atoms with E-state index >= 15 is 0 Å². The average Bonchev–Trinajstić information content (AvgIpc) is 2.20. The molecule has 0 aliphatic heterocycles. The molecule has 0 saturated heterocycles. The second kappa shape index (κ2) is 5.77. The van der Waals surface area contributed by atoms with E-state index in [2.05, 4.69) is 39.0 Å². The van der Waals surface area contributed by atoms with E-state index in [1.807, 2.05) is 12.1 Å². The molecular formula is C13H18BO. The van der Waals surface area contributed by atoms with Crippen molar-refractivity contribution in [1.82, 2.24) is 0 Å². The van der Waals surface area contributed by atoms with Crippen molar-refractivity contribution in [3.63, 3.8) is 0 Å². The lowest BCUT2D eigenvalue weighted by Gasteiger charge is -2.06. The van der Waals surface area contributed by atoms with E-state index in [0.29, 0.717) is 5.92 Å². The molecule has 0 fully saturated rings. The SMILES string of the molecule is Cc1cccc([B]O)c1/C=C\CC(C)C. The third-order valence-electron chi connectivity index (χ3n) is 2.39. The van der Waals surface area contributed by atoms with E-state index in [0.717, 1.165) is 17.4 Å². The number of benzene rings is 1. The Morgan fingerprint density at radius 3 is 2.73 bits per heavy atom. The minimum Gasteiger partial charge on any atom is -0.450 e. The summed E-state index contributed by atoms with van der Waals surface area (Å²) in [6, 6.07) is 5.93. The van der Waals surface area contributed by atoms with Gasteiger partial charge in [-0.05, 0) is 35.9 Å². The van der Waals surface area contributed by atoms with Crippen LogP contribution in [0.3, 0.4) is 0 Å². The van der Waals surface area contributed by atoms with E-state index < -0.39 is 0 Å². The quantitative estimate of drug-likeness (QED) is 0.741. The van der Waals surface area contributed by atoms with Crippen molar-refractivity contribution in [2.24, 2.45) is 5.92 Å². The molecule has 0 amide bonds. The molecule has 0 saturated carbocycles. The standard InChI is InChI=1S/C13H18BO/c1-10(2)6-4-8-12-11(3)7-5-9-13(12)14-15/h4-5,7-10,15H,6H2,1-3H3/b8-4-. The molecule has 2 heteroatoms. The maximum Gasteiger partial charge on any atom is 0.327 e. The van der Waals surface area contributed by atoms with Crippen LogP contribution in [0.5, 0.6) is 0 Å². The zero-order valence-electron chi connectivity index (χ0n) is 9.70. The summed E-state index contributed by atoms with van der Waals surface area (Å²) < 4.78 is 0. The summed E-state index contributed by atoms with van der Waals surface area (Å²) in [5.41, 5.74) is 3.19. The third-order valence-corrected chi connectivity index (χ3v) is 2.39. The fraction of sp³-hybridized carbons (Fsp3) is 0.385. The van der Waals surface area contributed by atoms with Crippen molar-refractivity contribution >= 4 is 19.0 Å². The molecule has 0 aliphatic rings. The average molecular weight is 201 g/mol. The summed E-state index contributed by atoms with van der Waals surface area (Å²) in [5, 5.41) is 9.09. The second-order valence-electron chi connectivity index (χ2n) is 4.24. The van der Waals surface area contributed by atoms with Gasteiger partial charge in [0.2, 0.25) is 0 Å². The fourth-order valence-corrected chi connectivity index (χ4v) is 1.50. The molecule has 1 aromatic carbocycles. The Labute approximate surface area is 93.1 Å². The Hall–Kier alpha value is -1.02. The fourth-order valence-electron chi connectivity index (χ4n) is 1.50. The maximum absolute atomic E-state index is 9.09. The van der Waals surface area contributed by atoms with Crippen LogP contribution >= 0.6 is 0 Å². The predicted molar refractivity (Wildman–Crippen MR) is 67.3 cm³/mol. The van der Waals surface area contributed by atoms with Crippen LogP contribution in [0.2, 0.25) is 0 Å². The van der Waals surface area contributed by atoms with Crippen LogP contribution in [-0.4, -0.2) is 12.5 Å². The van der Waals surface area contributed by atoms with E-state index in [1.165, 1.54) is 13.0 Å². The van der Waals surface area contributed by atoms with E-state index in [9.17, 15) is 0 Å². The third kappa shape index (κ3) is 3.56. The minimum absolute atomic E-state index is 0.673. The summed E-state index contributed by atoms with van der Waals surface area (Å²) >= 11 is 0. The van der Waals surface area contributed by atoms with Crippen LogP contribution in [0.4, 0.5) is 0 Å². The Morgan fingerprint density at radius 1 is 1.40 bits per heavy atom. The molecule has 79 valence electrons. The van der Waals surface area contributed by atoms with Gasteiger partial charge in [-0.25, -0.2) is 0 Å². The van der Waals surface area contributed by atoms with Crippen molar-refractivity contribution in [2.45, 2.75) is 27.2 Å². The van der Waals surface area contributed by atoms with Gasteiger partial charge < -0.3 is 5.02 Å². The first-order valence-electron chi connectivity index (χ1n) is 5.38. The molecule has 0 aromatic heterocycles. The first-order chi connectivity index (χ1) is 7.15. The summed E-state index contributed by atoms with van der Waals surface area (Å²) in [6.45, 7) is 6.45. The van der Waals surface area contributed by atoms with Crippen LogP contribution in [0.1, 0.15) is 31.4 Å². The van der Waals surface area contributed by atoms with Gasteiger partial charge in [0.25, 0.3) is 0 Å². The van der Waals surface area contributed by atoms with Gasteiger partial charge in [-0.15, -0.1) is 0 Å². The predicted octanol–water partition coefficient (Wildman–Crippen LogP) is 2.29. The molecule has 0 unspecified atom stereocenters. The monoisotopic (exact) mass is 201 g/mol. The highest BCUT2D eigenvalue weighted by molar-refractivity contribution is 6.46. The van der Waals surface area contributed by atoms with Crippen LogP contribution in [0.15, 0.2) is 24.3 Å². The smallest absolute Gasteiger partial charge is 0.327 e. The first kappa shape index (κ1) is 12.1. The van der Waals surface area contributed by atoms with Gasteiger partial charge in [0.15, 0.2) is 0 Å². The number of hydrogen-bond acceptors (Lipinski definition) is 1. The molecule has 1 N–H and O–H groups in total. The van der Waals surface area contributed by atoms with Crippen molar-refractivity contribution in [3.8, 4) is 0 Å². The lowest BCUT2D eigenvalue weighted by molar-refractivity contribution is 0.615. The topological polar surface area (TPSA) is 20.2 Å². The number of allylic oxidation sites excluding steroid dienone is 1. The summed E-state index contributed by atoms with van der Waals surface area (Å²) in [6.07, 6.45) is 5.33. The van der Waals surface area contributed by atoms with Gasteiger partial charge in [0.05, 0.1) is 0 Å². The van der Waals surface area contributed by atoms with Gasteiger partial charge in [-0.3, -0.25) is 0 Å². The van der Waals surface area contributed by atoms with Gasteiger partial charge in [0.1, 0.15) is 0 Å². The van der Waals surface area contributed by atoms with Crippen molar-refractivity contribution < 1.29 is 5.02 Å². The largest absolute Gasteiger partial charge is 0.450 e. The van der Waals surface area contributed by atoms with Crippen molar-refractivity contribution in [1.29, 1.82) is 0 Å². The molecule has 0 heterocycles. The van der Waals surface area contributed by atoms with Crippen LogP contribution in [0.25, 0.3) is 6.08 Å². The van der Waals surface area contributed by atoms with Crippen molar-refractivity contribution in [3.05, 3.63) is 35.4 Å². The van der Waals surface area contributed by atoms with Gasteiger partial charge in [-0.1, -0.05) is 44.2 Å². The molecule has 0 bridgehead atoms. The molecule has 1 nitrogen and oxygen atoms in total. The molecule has 1 aromatic rings. The summed E-state index contributed by atoms with van der Waals surface area (Å²) in [7, 11) is 1.17. The highest BCUT2D eigenvalue weighted by Gasteiger charge is 2.02. The molecule has 1 rings (SSSR count). The summed E-state index contributed by atoms with van der Waals surface area (Å²) in [5.74, 6) is 0.673. The molecule has 0 spiro atoms. The molecule has 0 atom stereocenters. The van der Waals surface area contributed by atoms with Gasteiger partial charge in [-0.2, -0.15) is 0 Å². The normalized spacial score (nSPS) is 11.3. The Kier molecular flexibility index (Phi) is 4.63.